The van der Waals surface area contributed by atoms with Crippen molar-refractivity contribution in [2.75, 3.05) is 12.8 Å². The van der Waals surface area contributed by atoms with E-state index in [4.69, 9.17) is 10.5 Å². The molecule has 0 bridgehead atoms. The van der Waals surface area contributed by atoms with Crippen molar-refractivity contribution in [1.82, 2.24) is 20.0 Å². The number of hydrogen-bond donors (Lipinski definition) is 2. The Hall–Kier alpha value is -2.34. The molecule has 6 heteroatoms. The van der Waals surface area contributed by atoms with E-state index in [0.717, 1.165) is 22.3 Å². The van der Waals surface area contributed by atoms with E-state index in [1.54, 1.807) is 7.11 Å². The van der Waals surface area contributed by atoms with Crippen LogP contribution in [-0.2, 0) is 17.9 Å². The topological polar surface area (TPSA) is 81.8 Å². The summed E-state index contributed by atoms with van der Waals surface area (Å²) in [4.78, 5) is 0. The van der Waals surface area contributed by atoms with Crippen molar-refractivity contribution in [2.24, 2.45) is 0 Å². The Morgan fingerprint density at radius 3 is 2.84 bits per heavy atom. The second-order valence-corrected chi connectivity index (χ2v) is 4.36. The Bertz CT molecular complexity index is 686. The van der Waals surface area contributed by atoms with E-state index in [2.05, 4.69) is 27.4 Å². The molecule has 0 unspecified atom stereocenters. The number of ether oxygens (including phenoxy) is 1. The van der Waals surface area contributed by atoms with Gasteiger partial charge in [0, 0.05) is 7.11 Å². The Balaban J connectivity index is 2.04. The minimum absolute atomic E-state index is 0.419. The molecule has 0 amide bonds. The molecule has 0 aliphatic rings. The number of nitrogen functional groups attached to an aromatic ring is 1. The summed E-state index contributed by atoms with van der Waals surface area (Å²) >= 11 is 0. The maximum atomic E-state index is 5.89. The average molecular weight is 257 g/mol. The third kappa shape index (κ3) is 2.06. The zero-order valence-electron chi connectivity index (χ0n) is 10.6. The molecule has 3 rings (SSSR count). The number of aromatic amines is 1. The molecule has 0 aliphatic heterocycles. The first-order valence-electron chi connectivity index (χ1n) is 6.01. The fraction of sp³-hybridized carbons (Fsp3) is 0.231. The predicted molar refractivity (Wildman–Crippen MR) is 72.5 cm³/mol. The van der Waals surface area contributed by atoms with Crippen molar-refractivity contribution in [3.63, 3.8) is 0 Å². The van der Waals surface area contributed by atoms with Gasteiger partial charge in [-0.3, -0.25) is 5.10 Å². The minimum Gasteiger partial charge on any atom is -0.383 e. The fourth-order valence-electron chi connectivity index (χ4n) is 2.16. The van der Waals surface area contributed by atoms with Crippen molar-refractivity contribution in [1.29, 1.82) is 0 Å². The molecule has 2 heterocycles. The highest BCUT2D eigenvalue weighted by molar-refractivity contribution is 5.88. The molecule has 98 valence electrons. The first-order chi connectivity index (χ1) is 9.29. The molecule has 0 aliphatic carbocycles. The molecule has 0 saturated carbocycles. The van der Waals surface area contributed by atoms with Gasteiger partial charge in [0.1, 0.15) is 11.5 Å². The standard InChI is InChI=1S/C13H15N5O/c1-19-8-10-11-12(14)15-16-13(11)18(17-10)7-9-5-3-2-4-6-9/h2-6H,7-8H2,1H3,(H3,14,15,16). The summed E-state index contributed by atoms with van der Waals surface area (Å²) in [5.74, 6) is 0.529. The van der Waals surface area contributed by atoms with Crippen LogP contribution in [0.25, 0.3) is 11.0 Å². The number of benzene rings is 1. The van der Waals surface area contributed by atoms with Crippen LogP contribution < -0.4 is 5.73 Å². The number of nitrogens with zero attached hydrogens (tertiary/aromatic N) is 3. The van der Waals surface area contributed by atoms with Gasteiger partial charge < -0.3 is 10.5 Å². The summed E-state index contributed by atoms with van der Waals surface area (Å²) in [5.41, 5.74) is 8.61. The van der Waals surface area contributed by atoms with Gasteiger partial charge in [-0.25, -0.2) is 4.68 Å². The summed E-state index contributed by atoms with van der Waals surface area (Å²) < 4.78 is 6.99. The predicted octanol–water partition coefficient (Wildman–Crippen LogP) is 1.54. The Morgan fingerprint density at radius 1 is 1.32 bits per heavy atom. The Labute approximate surface area is 110 Å². The van der Waals surface area contributed by atoms with Gasteiger partial charge in [0.05, 0.1) is 18.5 Å². The first-order valence-corrected chi connectivity index (χ1v) is 6.01. The number of anilines is 1. The Kier molecular flexibility index (Phi) is 2.92. The number of aromatic nitrogens is 4. The zero-order valence-corrected chi connectivity index (χ0v) is 10.6. The van der Waals surface area contributed by atoms with Gasteiger partial charge in [-0.05, 0) is 5.56 Å². The molecular weight excluding hydrogens is 242 g/mol. The molecule has 6 nitrogen and oxygen atoms in total. The lowest BCUT2D eigenvalue weighted by atomic mass is 10.2. The highest BCUT2D eigenvalue weighted by Gasteiger charge is 2.16. The van der Waals surface area contributed by atoms with E-state index in [1.165, 1.54) is 0 Å². The molecule has 0 saturated heterocycles. The minimum atomic E-state index is 0.419. The summed E-state index contributed by atoms with van der Waals surface area (Å²) in [5, 5.41) is 12.4. The molecule has 0 atom stereocenters. The third-order valence-electron chi connectivity index (χ3n) is 3.01. The smallest absolute Gasteiger partial charge is 0.182 e. The average Bonchev–Trinajstić information content (AvgIpc) is 2.95. The van der Waals surface area contributed by atoms with Gasteiger partial charge in [-0.1, -0.05) is 30.3 Å². The lowest BCUT2D eigenvalue weighted by Crippen LogP contribution is -2.03. The van der Waals surface area contributed by atoms with Gasteiger partial charge in [0.15, 0.2) is 5.65 Å². The highest BCUT2D eigenvalue weighted by atomic mass is 16.5. The zero-order chi connectivity index (χ0) is 13.2. The van der Waals surface area contributed by atoms with Crippen molar-refractivity contribution in [2.45, 2.75) is 13.2 Å². The van der Waals surface area contributed by atoms with Crippen molar-refractivity contribution in [3.05, 3.63) is 41.6 Å². The van der Waals surface area contributed by atoms with Crippen LogP contribution in [0, 0.1) is 0 Å². The van der Waals surface area contributed by atoms with Crippen LogP contribution in [0.4, 0.5) is 5.82 Å². The van der Waals surface area contributed by atoms with Gasteiger partial charge in [-0.2, -0.15) is 10.2 Å². The van der Waals surface area contributed by atoms with Crippen LogP contribution >= 0.6 is 0 Å². The van der Waals surface area contributed by atoms with E-state index in [1.807, 2.05) is 22.9 Å². The van der Waals surface area contributed by atoms with Crippen LogP contribution in [-0.4, -0.2) is 27.1 Å². The van der Waals surface area contributed by atoms with Gasteiger partial charge >= 0.3 is 0 Å². The Morgan fingerprint density at radius 2 is 2.11 bits per heavy atom. The van der Waals surface area contributed by atoms with E-state index >= 15 is 0 Å². The lowest BCUT2D eigenvalue weighted by Gasteiger charge is -2.01. The van der Waals surface area contributed by atoms with Gasteiger partial charge in [0.25, 0.3) is 0 Å². The van der Waals surface area contributed by atoms with E-state index in [0.29, 0.717) is 19.0 Å². The normalized spacial score (nSPS) is 11.2. The monoisotopic (exact) mass is 257 g/mol. The SMILES string of the molecule is COCc1nn(Cc2ccccc2)c2n[nH]c(N)c12. The van der Waals surface area contributed by atoms with E-state index in [9.17, 15) is 0 Å². The molecule has 3 aromatic rings. The van der Waals surface area contributed by atoms with Gasteiger partial charge in [0.2, 0.25) is 0 Å². The number of nitrogens with two attached hydrogens (primary N) is 1. The molecule has 3 N–H and O–H groups in total. The van der Waals surface area contributed by atoms with E-state index in [-0.39, 0.29) is 0 Å². The second-order valence-electron chi connectivity index (χ2n) is 4.36. The maximum absolute atomic E-state index is 5.89. The summed E-state index contributed by atoms with van der Waals surface area (Å²) in [6.07, 6.45) is 0. The van der Waals surface area contributed by atoms with Crippen molar-refractivity contribution >= 4 is 16.9 Å². The summed E-state index contributed by atoms with van der Waals surface area (Å²) in [7, 11) is 1.64. The largest absolute Gasteiger partial charge is 0.383 e. The highest BCUT2D eigenvalue weighted by Crippen LogP contribution is 2.23. The summed E-state index contributed by atoms with van der Waals surface area (Å²) in [6, 6.07) is 10.1. The van der Waals surface area contributed by atoms with Crippen molar-refractivity contribution < 1.29 is 4.74 Å². The third-order valence-corrected chi connectivity index (χ3v) is 3.01. The number of rotatable bonds is 4. The second kappa shape index (κ2) is 4.74. The number of methoxy groups -OCH3 is 1. The summed E-state index contributed by atoms with van der Waals surface area (Å²) in [6.45, 7) is 1.08. The molecule has 19 heavy (non-hydrogen) atoms. The van der Waals surface area contributed by atoms with Crippen LogP contribution in [0.1, 0.15) is 11.3 Å². The molecule has 0 fully saturated rings. The van der Waals surface area contributed by atoms with Crippen LogP contribution in [0.15, 0.2) is 30.3 Å². The quantitative estimate of drug-likeness (QED) is 0.742. The van der Waals surface area contributed by atoms with Gasteiger partial charge in [-0.15, -0.1) is 0 Å². The lowest BCUT2D eigenvalue weighted by molar-refractivity contribution is 0.182. The van der Waals surface area contributed by atoms with Crippen LogP contribution in [0.5, 0.6) is 0 Å². The fourth-order valence-corrected chi connectivity index (χ4v) is 2.16. The number of hydrogen-bond acceptors (Lipinski definition) is 4. The van der Waals surface area contributed by atoms with Crippen molar-refractivity contribution in [3.8, 4) is 0 Å². The molecule has 0 radical (unpaired) electrons. The maximum Gasteiger partial charge on any atom is 0.182 e. The molecule has 1 aromatic carbocycles. The molecule has 2 aromatic heterocycles. The van der Waals surface area contributed by atoms with E-state index < -0.39 is 0 Å². The number of H-pyrrole nitrogens is 1. The molecular formula is C13H15N5O. The number of fused-ring (bicyclic) bond motifs is 1. The van der Waals surface area contributed by atoms with Crippen LogP contribution in [0.2, 0.25) is 0 Å². The number of nitrogens with one attached hydrogen (secondary N) is 1. The van der Waals surface area contributed by atoms with Crippen LogP contribution in [0.3, 0.4) is 0 Å². The first kappa shape index (κ1) is 11.7. The molecule has 0 spiro atoms.